The second-order valence-electron chi connectivity index (χ2n) is 15.4. The summed E-state index contributed by atoms with van der Waals surface area (Å²) in [5.74, 6) is 1.01. The Morgan fingerprint density at radius 3 is 1.44 bits per heavy atom. The number of aliphatic hydroxyl groups is 2. The van der Waals surface area contributed by atoms with E-state index in [2.05, 4.69) is 42.6 Å². The molecule has 6 bridgehead atoms. The Hall–Kier alpha value is -4.32. The standard InChI is InChI=1S/C48H71N5O10/c1-7-35-36(8-2)46-32-50-44-30-48(63-26-24-61-22-20-59-18-16-57-6)47(62-25-23-60-21-19-58-17-15-56-5)29-43(44)49-31-45-34(4)38(12-10-14-55)41(52-45)27-39-33(3)37(11-9-13-54)42(51-39)28-40(35)53-46/h29-32,51-55H,7-28H2,1-6H3. The number of aliphatic imine (C=N–C) groups is 2. The van der Waals surface area contributed by atoms with Gasteiger partial charge >= 0.3 is 0 Å². The number of fused-ring (bicyclic) bond motifs is 7. The van der Waals surface area contributed by atoms with Gasteiger partial charge in [0.2, 0.25) is 0 Å². The number of benzene rings is 1. The van der Waals surface area contributed by atoms with E-state index in [4.69, 9.17) is 47.9 Å². The molecule has 4 heterocycles. The summed E-state index contributed by atoms with van der Waals surface area (Å²) in [5, 5.41) is 19.7. The summed E-state index contributed by atoms with van der Waals surface area (Å²) >= 11 is 0. The Bertz CT molecular complexity index is 2030. The fourth-order valence-electron chi connectivity index (χ4n) is 7.97. The molecule has 15 heteroatoms. The fourth-order valence-corrected chi connectivity index (χ4v) is 7.97. The largest absolute Gasteiger partial charge is 0.487 e. The third-order valence-corrected chi connectivity index (χ3v) is 11.3. The molecule has 0 aliphatic carbocycles. The molecule has 5 rings (SSSR count). The maximum absolute atomic E-state index is 9.87. The summed E-state index contributed by atoms with van der Waals surface area (Å²) < 4.78 is 45.4. The maximum Gasteiger partial charge on any atom is 0.163 e. The lowest BCUT2D eigenvalue weighted by molar-refractivity contribution is 0.0160. The molecule has 3 aromatic heterocycles. The first-order valence-electron chi connectivity index (χ1n) is 22.5. The van der Waals surface area contributed by atoms with Gasteiger partial charge in [-0.2, -0.15) is 0 Å². The van der Waals surface area contributed by atoms with Crippen LogP contribution in [0.25, 0.3) is 0 Å². The van der Waals surface area contributed by atoms with E-state index in [0.717, 1.165) is 65.4 Å². The smallest absolute Gasteiger partial charge is 0.163 e. The normalized spacial score (nSPS) is 12.6. The Kier molecular flexibility index (Phi) is 21.4. The minimum absolute atomic E-state index is 0.100. The van der Waals surface area contributed by atoms with Crippen LogP contribution < -0.4 is 9.47 Å². The minimum atomic E-state index is 0.100. The van der Waals surface area contributed by atoms with Gasteiger partial charge in [-0.3, -0.25) is 9.98 Å². The third kappa shape index (κ3) is 14.3. The highest BCUT2D eigenvalue weighted by molar-refractivity contribution is 5.88. The second-order valence-corrected chi connectivity index (χ2v) is 15.4. The first-order valence-corrected chi connectivity index (χ1v) is 22.5. The zero-order valence-corrected chi connectivity index (χ0v) is 38.4. The molecule has 63 heavy (non-hydrogen) atoms. The van der Waals surface area contributed by atoms with Gasteiger partial charge in [-0.05, 0) is 85.8 Å². The van der Waals surface area contributed by atoms with E-state index in [-0.39, 0.29) is 26.4 Å². The fraction of sp³-hybridized carbons (Fsp3) is 0.583. The van der Waals surface area contributed by atoms with Crippen LogP contribution >= 0.6 is 0 Å². The van der Waals surface area contributed by atoms with Gasteiger partial charge in [-0.1, -0.05) is 13.8 Å². The van der Waals surface area contributed by atoms with Crippen molar-refractivity contribution < 1.29 is 48.1 Å². The highest BCUT2D eigenvalue weighted by Gasteiger charge is 2.22. The zero-order chi connectivity index (χ0) is 44.8. The molecule has 1 aliphatic rings. The van der Waals surface area contributed by atoms with Gasteiger partial charge in [-0.25, -0.2) is 0 Å². The van der Waals surface area contributed by atoms with Crippen molar-refractivity contribution in [3.05, 3.63) is 79.7 Å². The molecule has 0 saturated heterocycles. The van der Waals surface area contributed by atoms with Gasteiger partial charge in [0.05, 0.1) is 101 Å². The molecule has 0 saturated carbocycles. The van der Waals surface area contributed by atoms with Crippen molar-refractivity contribution in [1.29, 1.82) is 0 Å². The number of nitrogens with one attached hydrogen (secondary N) is 3. The van der Waals surface area contributed by atoms with E-state index in [1.807, 2.05) is 24.6 Å². The van der Waals surface area contributed by atoms with Crippen LogP contribution in [0.1, 0.15) is 94.2 Å². The van der Waals surface area contributed by atoms with Crippen LogP contribution in [0.4, 0.5) is 11.4 Å². The summed E-state index contributed by atoms with van der Waals surface area (Å²) in [4.78, 5) is 21.5. The van der Waals surface area contributed by atoms with Crippen molar-refractivity contribution in [2.24, 2.45) is 9.98 Å². The minimum Gasteiger partial charge on any atom is -0.487 e. The molecular formula is C48H71N5O10. The van der Waals surface area contributed by atoms with E-state index in [1.165, 1.54) is 27.8 Å². The highest BCUT2D eigenvalue weighted by atomic mass is 16.6. The van der Waals surface area contributed by atoms with Gasteiger partial charge in [-0.15, -0.1) is 0 Å². The predicted molar refractivity (Wildman–Crippen MR) is 246 cm³/mol. The van der Waals surface area contributed by atoms with Crippen molar-refractivity contribution in [2.45, 2.75) is 79.1 Å². The van der Waals surface area contributed by atoms with Gasteiger partial charge < -0.3 is 63.1 Å². The summed E-state index contributed by atoms with van der Waals surface area (Å²) in [5.41, 5.74) is 14.8. The molecule has 0 spiro atoms. The summed E-state index contributed by atoms with van der Waals surface area (Å²) in [6.45, 7) is 14.0. The van der Waals surface area contributed by atoms with Crippen LogP contribution in [0, 0.1) is 13.8 Å². The molecule has 1 aliphatic heterocycles. The van der Waals surface area contributed by atoms with Gasteiger partial charge in [0, 0.05) is 75.2 Å². The van der Waals surface area contributed by atoms with Crippen molar-refractivity contribution >= 4 is 23.8 Å². The number of aromatic amines is 3. The SMILES string of the molecule is CCc1c2[nH]c(c1CC)Cc1[nH]c(c(C)c1CCCO)Cc1[nH]c(c(C)c1CCCO)C=Nc1cc(OCCOCCOCCOC)c(OCCOCCOCCOC)cc1N=C2. The quantitative estimate of drug-likeness (QED) is 0.0354. The number of rotatable bonds is 28. The van der Waals surface area contributed by atoms with Crippen LogP contribution in [-0.4, -0.2) is 144 Å². The van der Waals surface area contributed by atoms with E-state index in [9.17, 15) is 10.2 Å². The van der Waals surface area contributed by atoms with E-state index in [0.29, 0.717) is 115 Å². The Labute approximate surface area is 372 Å². The number of aromatic nitrogens is 3. The van der Waals surface area contributed by atoms with Crippen molar-refractivity contribution in [3.63, 3.8) is 0 Å². The number of H-pyrrole nitrogens is 3. The topological polar surface area (TPSA) is 186 Å². The molecule has 0 atom stereocenters. The first kappa shape index (κ1) is 49.7. The van der Waals surface area contributed by atoms with Crippen LogP contribution in [0.5, 0.6) is 11.5 Å². The molecule has 0 fully saturated rings. The first-order chi connectivity index (χ1) is 30.9. The molecule has 4 aromatic rings. The molecule has 0 radical (unpaired) electrons. The Morgan fingerprint density at radius 1 is 0.508 bits per heavy atom. The number of hydrogen-bond acceptors (Lipinski definition) is 12. The van der Waals surface area contributed by atoms with E-state index in [1.54, 1.807) is 14.2 Å². The summed E-state index contributed by atoms with van der Waals surface area (Å²) in [6, 6.07) is 3.74. The molecule has 0 amide bonds. The summed E-state index contributed by atoms with van der Waals surface area (Å²) in [7, 11) is 3.29. The van der Waals surface area contributed by atoms with Crippen LogP contribution in [0.3, 0.4) is 0 Å². The monoisotopic (exact) mass is 878 g/mol. The zero-order valence-electron chi connectivity index (χ0n) is 38.4. The van der Waals surface area contributed by atoms with Crippen LogP contribution in [-0.2, 0) is 66.9 Å². The average Bonchev–Trinajstić information content (AvgIpc) is 3.89. The summed E-state index contributed by atoms with van der Waals surface area (Å²) in [6.07, 6.45) is 9.65. The Balaban J connectivity index is 1.55. The van der Waals surface area contributed by atoms with Crippen molar-refractivity contribution in [1.82, 2.24) is 15.0 Å². The third-order valence-electron chi connectivity index (χ3n) is 11.3. The lowest BCUT2D eigenvalue weighted by Gasteiger charge is -2.15. The van der Waals surface area contributed by atoms with Crippen molar-refractivity contribution in [2.75, 3.05) is 107 Å². The molecule has 5 N–H and O–H groups in total. The second kappa shape index (κ2) is 27.1. The predicted octanol–water partition coefficient (Wildman–Crippen LogP) is 6.38. The Morgan fingerprint density at radius 2 is 0.937 bits per heavy atom. The highest BCUT2D eigenvalue weighted by Crippen LogP contribution is 2.41. The van der Waals surface area contributed by atoms with Gasteiger partial charge in [0.1, 0.15) is 13.2 Å². The van der Waals surface area contributed by atoms with Crippen molar-refractivity contribution in [3.8, 4) is 11.5 Å². The molecule has 0 unspecified atom stereocenters. The molecule has 348 valence electrons. The number of nitrogens with zero attached hydrogens (tertiary/aromatic N) is 2. The van der Waals surface area contributed by atoms with Gasteiger partial charge in [0.25, 0.3) is 0 Å². The van der Waals surface area contributed by atoms with Crippen LogP contribution in [0.15, 0.2) is 22.1 Å². The lowest BCUT2D eigenvalue weighted by Crippen LogP contribution is -2.14. The maximum atomic E-state index is 9.87. The molecule has 15 nitrogen and oxygen atoms in total. The lowest BCUT2D eigenvalue weighted by atomic mass is 9.97. The number of methoxy groups -OCH3 is 2. The average molecular weight is 878 g/mol. The number of hydrogen-bond donors (Lipinski definition) is 5. The molecule has 1 aromatic carbocycles. The molecular weight excluding hydrogens is 807 g/mol. The number of ether oxygens (including phenoxy) is 8. The van der Waals surface area contributed by atoms with E-state index < -0.39 is 0 Å². The van der Waals surface area contributed by atoms with E-state index >= 15 is 0 Å². The van der Waals surface area contributed by atoms with Crippen LogP contribution in [0.2, 0.25) is 0 Å². The van der Waals surface area contributed by atoms with Gasteiger partial charge in [0.15, 0.2) is 11.5 Å². The number of aliphatic hydroxyl groups excluding tert-OH is 2.